The van der Waals surface area contributed by atoms with Gasteiger partial charge in [0, 0.05) is 23.6 Å². The first kappa shape index (κ1) is 15.6. The van der Waals surface area contributed by atoms with Gasteiger partial charge in [-0.05, 0) is 36.4 Å². The first-order valence-corrected chi connectivity index (χ1v) is 8.45. The van der Waals surface area contributed by atoms with Crippen LogP contribution in [-0.2, 0) is 16.6 Å². The lowest BCUT2D eigenvalue weighted by Crippen LogP contribution is -2.24. The van der Waals surface area contributed by atoms with E-state index in [2.05, 4.69) is 4.72 Å². The molecule has 0 unspecified atom stereocenters. The van der Waals surface area contributed by atoms with E-state index in [0.29, 0.717) is 11.1 Å². The summed E-state index contributed by atoms with van der Waals surface area (Å²) >= 11 is 1.44. The third kappa shape index (κ3) is 3.46. The second kappa shape index (κ2) is 5.92. The van der Waals surface area contributed by atoms with Crippen molar-refractivity contribution in [3.63, 3.8) is 0 Å². The Balaban J connectivity index is 2.37. The smallest absolute Gasteiger partial charge is 0.258 e. The molecule has 6 nitrogen and oxygen atoms in total. The Morgan fingerprint density at radius 3 is 2.62 bits per heavy atom. The highest BCUT2D eigenvalue weighted by molar-refractivity contribution is 7.89. The van der Waals surface area contributed by atoms with Crippen LogP contribution in [0.5, 0.6) is 0 Å². The lowest BCUT2D eigenvalue weighted by molar-refractivity contribution is -0.385. The van der Waals surface area contributed by atoms with Crippen molar-refractivity contribution in [2.45, 2.75) is 25.3 Å². The molecule has 1 aromatic carbocycles. The van der Waals surface area contributed by atoms with Gasteiger partial charge in [-0.2, -0.15) is 0 Å². The molecule has 0 saturated heterocycles. The lowest BCUT2D eigenvalue weighted by Gasteiger charge is -2.10. The van der Waals surface area contributed by atoms with Gasteiger partial charge in [-0.15, -0.1) is 11.3 Å². The fourth-order valence-electron chi connectivity index (χ4n) is 1.85. The maximum absolute atomic E-state index is 12.3. The summed E-state index contributed by atoms with van der Waals surface area (Å²) in [6.07, 6.45) is 0. The van der Waals surface area contributed by atoms with Crippen molar-refractivity contribution in [2.75, 3.05) is 0 Å². The number of nitro benzene ring substituents is 1. The number of hydrogen-bond donors (Lipinski definition) is 1. The molecule has 0 amide bonds. The van der Waals surface area contributed by atoms with Crippen molar-refractivity contribution in [1.82, 2.24) is 4.72 Å². The molecule has 0 bridgehead atoms. The summed E-state index contributed by atoms with van der Waals surface area (Å²) in [5.41, 5.74) is 0.856. The summed E-state index contributed by atoms with van der Waals surface area (Å²) < 4.78 is 27.2. The zero-order valence-electron chi connectivity index (χ0n) is 11.5. The monoisotopic (exact) mass is 326 g/mol. The largest absolute Gasteiger partial charge is 0.271 e. The van der Waals surface area contributed by atoms with Crippen LogP contribution < -0.4 is 4.72 Å². The van der Waals surface area contributed by atoms with Crippen molar-refractivity contribution in [2.24, 2.45) is 0 Å². The average molecular weight is 326 g/mol. The number of nitro groups is 1. The highest BCUT2D eigenvalue weighted by Crippen LogP contribution is 2.25. The highest BCUT2D eigenvalue weighted by Gasteiger charge is 2.22. The van der Waals surface area contributed by atoms with Gasteiger partial charge in [0.1, 0.15) is 0 Å². The van der Waals surface area contributed by atoms with Crippen molar-refractivity contribution in [1.29, 1.82) is 0 Å². The molecule has 0 aliphatic heterocycles. The van der Waals surface area contributed by atoms with Crippen LogP contribution in [0.15, 0.2) is 34.5 Å². The molecule has 0 radical (unpaired) electrons. The molecule has 1 aromatic heterocycles. The summed E-state index contributed by atoms with van der Waals surface area (Å²) in [6, 6.07) is 6.11. The Kier molecular flexibility index (Phi) is 4.40. The average Bonchev–Trinajstić information content (AvgIpc) is 2.92. The Hall–Kier alpha value is -1.77. The van der Waals surface area contributed by atoms with Crippen LogP contribution in [0.3, 0.4) is 0 Å². The Morgan fingerprint density at radius 2 is 2.05 bits per heavy atom. The van der Waals surface area contributed by atoms with Gasteiger partial charge < -0.3 is 0 Å². The molecule has 0 atom stereocenters. The van der Waals surface area contributed by atoms with Gasteiger partial charge in [-0.25, -0.2) is 13.1 Å². The quantitative estimate of drug-likeness (QED) is 0.676. The molecule has 0 aliphatic carbocycles. The number of nitrogens with one attached hydrogen (secondary N) is 1. The molecule has 8 heteroatoms. The molecular weight excluding hydrogens is 312 g/mol. The van der Waals surface area contributed by atoms with Gasteiger partial charge in [-0.1, -0.05) is 6.07 Å². The lowest BCUT2D eigenvalue weighted by atomic mass is 10.1. The molecule has 0 spiro atoms. The zero-order chi connectivity index (χ0) is 15.6. The first-order valence-electron chi connectivity index (χ1n) is 6.09. The number of thiophene rings is 1. The normalized spacial score (nSPS) is 11.5. The second-order valence-electron chi connectivity index (χ2n) is 4.55. The van der Waals surface area contributed by atoms with E-state index < -0.39 is 14.9 Å². The summed E-state index contributed by atoms with van der Waals surface area (Å²) in [6.45, 7) is 3.46. The standard InChI is InChI=1S/C13H14N2O4S2/c1-9-6-11(15(16)17)7-13(10(9)2)21(18,19)14-8-12-4-3-5-20-12/h3-7,14H,8H2,1-2H3. The van der Waals surface area contributed by atoms with E-state index in [1.807, 2.05) is 17.5 Å². The summed E-state index contributed by atoms with van der Waals surface area (Å²) in [5, 5.41) is 12.7. The minimum atomic E-state index is -3.79. The Bertz CT molecular complexity index is 768. The number of sulfonamides is 1. The molecule has 0 aliphatic rings. The van der Waals surface area contributed by atoms with Crippen molar-refractivity contribution in [3.05, 3.63) is 55.8 Å². The molecule has 1 N–H and O–H groups in total. The summed E-state index contributed by atoms with van der Waals surface area (Å²) in [7, 11) is -3.79. The van der Waals surface area contributed by atoms with E-state index in [0.717, 1.165) is 10.9 Å². The minimum Gasteiger partial charge on any atom is -0.258 e. The fraction of sp³-hybridized carbons (Fsp3) is 0.231. The van der Waals surface area contributed by atoms with Gasteiger partial charge in [0.25, 0.3) is 5.69 Å². The van der Waals surface area contributed by atoms with Crippen LogP contribution in [0.4, 0.5) is 5.69 Å². The van der Waals surface area contributed by atoms with Crippen LogP contribution in [-0.4, -0.2) is 13.3 Å². The van der Waals surface area contributed by atoms with Gasteiger partial charge in [0.05, 0.1) is 9.82 Å². The summed E-state index contributed by atoms with van der Waals surface area (Å²) in [4.78, 5) is 11.1. The topological polar surface area (TPSA) is 89.3 Å². The van der Waals surface area contributed by atoms with Crippen LogP contribution >= 0.6 is 11.3 Å². The summed E-state index contributed by atoms with van der Waals surface area (Å²) in [5.74, 6) is 0. The second-order valence-corrected chi connectivity index (χ2v) is 7.31. The van der Waals surface area contributed by atoms with E-state index in [4.69, 9.17) is 0 Å². The van der Waals surface area contributed by atoms with Crippen molar-refractivity contribution < 1.29 is 13.3 Å². The number of nitrogens with zero attached hydrogens (tertiary/aromatic N) is 1. The predicted molar refractivity (Wildman–Crippen MR) is 80.9 cm³/mol. The van der Waals surface area contributed by atoms with Crippen LogP contribution in [0, 0.1) is 24.0 Å². The van der Waals surface area contributed by atoms with E-state index in [1.165, 1.54) is 17.4 Å². The Labute approximate surface area is 126 Å². The SMILES string of the molecule is Cc1cc([N+](=O)[O-])cc(S(=O)(=O)NCc2cccs2)c1C. The van der Waals surface area contributed by atoms with Gasteiger partial charge >= 0.3 is 0 Å². The van der Waals surface area contributed by atoms with Gasteiger partial charge in [-0.3, -0.25) is 10.1 Å². The molecule has 1 heterocycles. The molecular formula is C13H14N2O4S2. The number of aryl methyl sites for hydroxylation is 1. The third-order valence-corrected chi connectivity index (χ3v) is 5.53. The Morgan fingerprint density at radius 1 is 1.33 bits per heavy atom. The number of non-ortho nitro benzene ring substituents is 1. The number of benzene rings is 1. The predicted octanol–water partition coefficient (Wildman–Crippen LogP) is 2.75. The highest BCUT2D eigenvalue weighted by atomic mass is 32.2. The number of hydrogen-bond acceptors (Lipinski definition) is 5. The van der Waals surface area contributed by atoms with Crippen LogP contribution in [0.25, 0.3) is 0 Å². The van der Waals surface area contributed by atoms with Gasteiger partial charge in [0.2, 0.25) is 10.0 Å². The molecule has 21 heavy (non-hydrogen) atoms. The first-order chi connectivity index (χ1) is 9.81. The van der Waals surface area contributed by atoms with Crippen molar-refractivity contribution >= 4 is 27.0 Å². The van der Waals surface area contributed by atoms with E-state index >= 15 is 0 Å². The molecule has 2 rings (SSSR count). The molecule has 2 aromatic rings. The number of rotatable bonds is 5. The zero-order valence-corrected chi connectivity index (χ0v) is 13.1. The van der Waals surface area contributed by atoms with Gasteiger partial charge in [0.15, 0.2) is 0 Å². The molecule has 0 fully saturated rings. The molecule has 0 saturated carbocycles. The van der Waals surface area contributed by atoms with Crippen molar-refractivity contribution in [3.8, 4) is 0 Å². The fourth-order valence-corrected chi connectivity index (χ4v) is 3.93. The third-order valence-electron chi connectivity index (χ3n) is 3.12. The maximum Gasteiger partial charge on any atom is 0.271 e. The minimum absolute atomic E-state index is 0.0502. The maximum atomic E-state index is 12.3. The van der Waals surface area contributed by atoms with Crippen LogP contribution in [0.2, 0.25) is 0 Å². The van der Waals surface area contributed by atoms with E-state index in [-0.39, 0.29) is 17.1 Å². The van der Waals surface area contributed by atoms with E-state index in [9.17, 15) is 18.5 Å². The molecule has 112 valence electrons. The van der Waals surface area contributed by atoms with Crippen LogP contribution in [0.1, 0.15) is 16.0 Å². The van der Waals surface area contributed by atoms with E-state index in [1.54, 1.807) is 13.8 Å².